The smallest absolute Gasteiger partial charge is 0.303 e. The molecule has 1 aliphatic carbocycles. The Morgan fingerprint density at radius 1 is 1.04 bits per heavy atom. The summed E-state index contributed by atoms with van der Waals surface area (Å²) >= 11 is 0. The van der Waals surface area contributed by atoms with Crippen molar-refractivity contribution in [3.63, 3.8) is 0 Å². The van der Waals surface area contributed by atoms with Gasteiger partial charge < -0.3 is 5.11 Å². The van der Waals surface area contributed by atoms with Gasteiger partial charge in [0.25, 0.3) is 0 Å². The molecule has 1 N–H and O–H groups in total. The summed E-state index contributed by atoms with van der Waals surface area (Å²) in [7, 11) is 0. The lowest BCUT2D eigenvalue weighted by molar-refractivity contribution is -0.137. The molecule has 1 saturated carbocycles. The third-order valence-corrected chi connectivity index (χ3v) is 5.20. The molecule has 2 aliphatic rings. The van der Waals surface area contributed by atoms with E-state index in [1.807, 2.05) is 0 Å². The number of unbranched alkanes of at least 4 members (excludes halogenated alkanes) is 5. The highest BCUT2D eigenvalue weighted by Crippen LogP contribution is 2.44. The van der Waals surface area contributed by atoms with E-state index in [9.17, 15) is 4.79 Å². The Morgan fingerprint density at radius 2 is 1.83 bits per heavy atom. The average molecular weight is 332 g/mol. The maximum absolute atomic E-state index is 10.5. The number of hydrogen-bond donors (Lipinski definition) is 1. The van der Waals surface area contributed by atoms with Gasteiger partial charge >= 0.3 is 5.97 Å². The van der Waals surface area contributed by atoms with Crippen molar-refractivity contribution in [1.29, 1.82) is 0 Å². The van der Waals surface area contributed by atoms with Gasteiger partial charge in [-0.3, -0.25) is 4.79 Å². The van der Waals surface area contributed by atoms with Crippen LogP contribution in [0, 0.1) is 11.8 Å². The highest BCUT2D eigenvalue weighted by molar-refractivity contribution is 5.66. The summed E-state index contributed by atoms with van der Waals surface area (Å²) in [5.74, 6) is 0.415. The molecule has 1 fully saturated rings. The summed E-state index contributed by atoms with van der Waals surface area (Å²) < 4.78 is 0. The van der Waals surface area contributed by atoms with E-state index < -0.39 is 5.97 Å². The molecule has 1 heterocycles. The first-order chi connectivity index (χ1) is 11.7. The topological polar surface area (TPSA) is 62.0 Å². The minimum Gasteiger partial charge on any atom is -0.481 e. The van der Waals surface area contributed by atoms with E-state index in [2.05, 4.69) is 41.5 Å². The summed E-state index contributed by atoms with van der Waals surface area (Å²) in [4.78, 5) is 10.5. The van der Waals surface area contributed by atoms with Gasteiger partial charge in [-0.05, 0) is 44.4 Å². The zero-order valence-electron chi connectivity index (χ0n) is 14.9. The van der Waals surface area contributed by atoms with Crippen molar-refractivity contribution in [2.45, 2.75) is 83.2 Å². The van der Waals surface area contributed by atoms with E-state index in [1.54, 1.807) is 0 Å². The Hall–Kier alpha value is -1.45. The second-order valence-corrected chi connectivity index (χ2v) is 7.11. The maximum atomic E-state index is 10.5. The third kappa shape index (κ3) is 5.88. The van der Waals surface area contributed by atoms with E-state index in [4.69, 9.17) is 5.11 Å². The molecular weight excluding hydrogens is 300 g/mol. The van der Waals surface area contributed by atoms with Crippen molar-refractivity contribution in [1.82, 2.24) is 0 Å². The van der Waals surface area contributed by atoms with Gasteiger partial charge in [0.05, 0.1) is 12.1 Å². The molecule has 0 aromatic carbocycles. The highest BCUT2D eigenvalue weighted by atomic mass is 16.4. The van der Waals surface area contributed by atoms with Crippen molar-refractivity contribution in [3.8, 4) is 0 Å². The second kappa shape index (κ2) is 10.4. The molecule has 24 heavy (non-hydrogen) atoms. The summed E-state index contributed by atoms with van der Waals surface area (Å²) in [6.07, 6.45) is 19.6. The number of carboxylic acids is 1. The van der Waals surface area contributed by atoms with Crippen LogP contribution < -0.4 is 0 Å². The van der Waals surface area contributed by atoms with Crippen LogP contribution in [0.5, 0.6) is 0 Å². The molecule has 4 nitrogen and oxygen atoms in total. The minimum absolute atomic E-state index is 0.260. The Labute approximate surface area is 146 Å². The minimum atomic E-state index is -0.707. The van der Waals surface area contributed by atoms with Crippen molar-refractivity contribution >= 4 is 5.97 Å². The van der Waals surface area contributed by atoms with Gasteiger partial charge in [-0.2, -0.15) is 10.2 Å². The predicted molar refractivity (Wildman–Crippen MR) is 97.2 cm³/mol. The molecule has 134 valence electrons. The van der Waals surface area contributed by atoms with Crippen LogP contribution in [0.25, 0.3) is 0 Å². The Kier molecular flexibility index (Phi) is 8.20. The average Bonchev–Trinajstić information content (AvgIpc) is 3.15. The first kappa shape index (κ1) is 18.9. The fraction of sp³-hybridized carbons (Fsp3) is 0.750. The summed E-state index contributed by atoms with van der Waals surface area (Å²) in [5.41, 5.74) is 0. The molecule has 0 spiro atoms. The van der Waals surface area contributed by atoms with Crippen molar-refractivity contribution in [2.24, 2.45) is 22.1 Å². The third-order valence-electron chi connectivity index (χ3n) is 5.20. The van der Waals surface area contributed by atoms with Crippen LogP contribution in [0.4, 0.5) is 0 Å². The summed E-state index contributed by atoms with van der Waals surface area (Å²) in [6, 6.07) is 0.792. The van der Waals surface area contributed by atoms with Crippen LogP contribution in [0.2, 0.25) is 0 Å². The summed E-state index contributed by atoms with van der Waals surface area (Å²) in [6.45, 7) is 2.25. The van der Waals surface area contributed by atoms with E-state index in [0.29, 0.717) is 23.9 Å². The van der Waals surface area contributed by atoms with E-state index >= 15 is 0 Å². The van der Waals surface area contributed by atoms with Gasteiger partial charge in [0.2, 0.25) is 0 Å². The zero-order chi connectivity index (χ0) is 17.2. The predicted octanol–water partition coefficient (Wildman–Crippen LogP) is 5.55. The number of fused-ring (bicyclic) bond motifs is 2. The molecule has 0 saturated heterocycles. The lowest BCUT2D eigenvalue weighted by Crippen LogP contribution is -2.21. The highest BCUT2D eigenvalue weighted by Gasteiger charge is 2.45. The lowest BCUT2D eigenvalue weighted by Gasteiger charge is -2.22. The van der Waals surface area contributed by atoms with Crippen molar-refractivity contribution < 1.29 is 9.90 Å². The lowest BCUT2D eigenvalue weighted by atomic mass is 9.87. The standard InChI is InChI=1S/C20H32N2O2/c1-2-3-4-5-6-9-12-16-17(19-15-18(16)21-22-19)13-10-7-8-11-14-20(23)24/h7,9-10,12,16-19H,2-6,8,11,13-15H2,1H3,(H,23,24)/b10-7+,12-9+/t16-,17?,18?,19?/m1/s1. The van der Waals surface area contributed by atoms with Crippen LogP contribution in [-0.2, 0) is 4.79 Å². The Balaban J connectivity index is 1.73. The fourth-order valence-electron chi connectivity index (χ4n) is 3.82. The van der Waals surface area contributed by atoms with Gasteiger partial charge in [-0.15, -0.1) is 0 Å². The van der Waals surface area contributed by atoms with Crippen LogP contribution in [0.1, 0.15) is 71.1 Å². The number of azo groups is 1. The number of hydrogen-bond acceptors (Lipinski definition) is 3. The zero-order valence-corrected chi connectivity index (χ0v) is 14.9. The second-order valence-electron chi connectivity index (χ2n) is 7.11. The maximum Gasteiger partial charge on any atom is 0.303 e. The number of carbonyl (C=O) groups is 1. The normalized spacial score (nSPS) is 28.5. The molecule has 3 unspecified atom stereocenters. The number of allylic oxidation sites excluding steroid dienone is 3. The molecule has 1 aliphatic heterocycles. The van der Waals surface area contributed by atoms with Gasteiger partial charge in [0.15, 0.2) is 0 Å². The first-order valence-electron chi connectivity index (χ1n) is 9.65. The van der Waals surface area contributed by atoms with Crippen LogP contribution in [0.3, 0.4) is 0 Å². The number of rotatable bonds is 12. The van der Waals surface area contributed by atoms with Crippen LogP contribution in [0.15, 0.2) is 34.5 Å². The molecular formula is C20H32N2O2. The number of nitrogens with zero attached hydrogens (tertiary/aromatic N) is 2. The molecule has 2 bridgehead atoms. The quantitative estimate of drug-likeness (QED) is 0.376. The van der Waals surface area contributed by atoms with E-state index in [0.717, 1.165) is 25.7 Å². The molecule has 4 heteroatoms. The fourth-order valence-corrected chi connectivity index (χ4v) is 3.82. The van der Waals surface area contributed by atoms with Crippen LogP contribution >= 0.6 is 0 Å². The van der Waals surface area contributed by atoms with E-state index in [-0.39, 0.29) is 6.42 Å². The summed E-state index contributed by atoms with van der Waals surface area (Å²) in [5, 5.41) is 17.5. The van der Waals surface area contributed by atoms with Gasteiger partial charge in [-0.1, -0.05) is 50.5 Å². The molecule has 0 amide bonds. The Bertz CT molecular complexity index is 470. The SMILES string of the molecule is CCCCCC/C=C/[C@H]1C2CC(N=N2)C1C/C=C/CCCC(=O)O. The molecule has 0 radical (unpaired) electrons. The molecule has 2 rings (SSSR count). The van der Waals surface area contributed by atoms with Crippen molar-refractivity contribution in [3.05, 3.63) is 24.3 Å². The molecule has 4 atom stereocenters. The first-order valence-corrected chi connectivity index (χ1v) is 9.65. The Morgan fingerprint density at radius 3 is 2.62 bits per heavy atom. The molecule has 0 aromatic rings. The monoisotopic (exact) mass is 332 g/mol. The van der Waals surface area contributed by atoms with E-state index in [1.165, 1.54) is 32.1 Å². The van der Waals surface area contributed by atoms with Gasteiger partial charge in [0.1, 0.15) is 0 Å². The largest absolute Gasteiger partial charge is 0.481 e. The van der Waals surface area contributed by atoms with Crippen LogP contribution in [-0.4, -0.2) is 23.2 Å². The van der Waals surface area contributed by atoms with Gasteiger partial charge in [-0.25, -0.2) is 0 Å². The molecule has 0 aromatic heterocycles. The number of aliphatic carboxylic acids is 1. The number of carboxylic acid groups (broad SMARTS) is 1. The van der Waals surface area contributed by atoms with Gasteiger partial charge in [0, 0.05) is 12.3 Å². The van der Waals surface area contributed by atoms with Crippen molar-refractivity contribution in [2.75, 3.05) is 0 Å².